The summed E-state index contributed by atoms with van der Waals surface area (Å²) in [6.07, 6.45) is 2.88. The first kappa shape index (κ1) is 43.0. The van der Waals surface area contributed by atoms with E-state index in [1.54, 1.807) is 0 Å². The molecule has 0 aliphatic heterocycles. The van der Waals surface area contributed by atoms with Crippen molar-refractivity contribution in [1.82, 2.24) is 20.8 Å². The fourth-order valence-electron chi connectivity index (χ4n) is 14.6. The molecule has 4 N–H and O–H groups in total. The van der Waals surface area contributed by atoms with Gasteiger partial charge in [-0.3, -0.25) is 29.1 Å². The minimum atomic E-state index is -4.70. The van der Waals surface area contributed by atoms with Crippen LogP contribution >= 0.6 is 0 Å². The van der Waals surface area contributed by atoms with Crippen molar-refractivity contribution in [3.05, 3.63) is 28.6 Å². The van der Waals surface area contributed by atoms with E-state index < -0.39 is 63.7 Å². The first-order chi connectivity index (χ1) is 27.7. The van der Waals surface area contributed by atoms with Gasteiger partial charge in [0.2, 0.25) is 5.91 Å². The molecule has 2 amide bonds. The number of nitrogens with one attached hydrogen (secondary N) is 3. The first-order valence-electron chi connectivity index (χ1n) is 22.2. The Bertz CT molecular complexity index is 2070. The first-order valence-corrected chi connectivity index (χ1v) is 22.2. The normalized spacial score (nSPS) is 39.6. The summed E-state index contributed by atoms with van der Waals surface area (Å²) in [4.78, 5) is 67.0. The molecule has 7 aliphatic carbocycles. The lowest BCUT2D eigenvalue weighted by atomic mass is 9.33. The number of H-pyrrole nitrogens is 1. The minimum absolute atomic E-state index is 0.0349. The number of carbonyl (C=O) groups excluding carboxylic acids is 4. The number of ketones is 1. The van der Waals surface area contributed by atoms with Gasteiger partial charge in [0.15, 0.2) is 11.5 Å². The maximum Gasteiger partial charge on any atom is 0.432 e. The molecule has 330 valence electrons. The number of aromatic nitrogens is 2. The number of carboxylic acid groups (broad SMARTS) is 1. The van der Waals surface area contributed by atoms with E-state index in [0.717, 1.165) is 56.1 Å². The van der Waals surface area contributed by atoms with Gasteiger partial charge >= 0.3 is 18.1 Å². The molecule has 6 saturated carbocycles. The molecular weight excluding hydrogens is 778 g/mol. The van der Waals surface area contributed by atoms with Crippen LogP contribution < -0.4 is 10.6 Å². The molecule has 0 radical (unpaired) electrons. The van der Waals surface area contributed by atoms with Gasteiger partial charge in [0.1, 0.15) is 17.3 Å². The van der Waals surface area contributed by atoms with Gasteiger partial charge in [0.05, 0.1) is 17.4 Å². The Balaban J connectivity index is 1.03. The van der Waals surface area contributed by atoms with Crippen molar-refractivity contribution in [3.8, 4) is 0 Å². The van der Waals surface area contributed by atoms with Crippen molar-refractivity contribution in [2.24, 2.45) is 62.6 Å². The third kappa shape index (κ3) is 6.00. The van der Waals surface area contributed by atoms with Gasteiger partial charge in [-0.25, -0.2) is 0 Å². The summed E-state index contributed by atoms with van der Waals surface area (Å²) in [5.74, 6) is -2.76. The van der Waals surface area contributed by atoms with Crippen LogP contribution in [0.2, 0.25) is 0 Å². The number of nitrogens with zero attached hydrogens (tertiary/aromatic N) is 1. The topological polar surface area (TPSA) is 168 Å². The highest BCUT2D eigenvalue weighted by atomic mass is 19.4. The maximum absolute atomic E-state index is 14.3. The summed E-state index contributed by atoms with van der Waals surface area (Å²) < 4.78 is 46.1. The van der Waals surface area contributed by atoms with E-state index >= 15 is 0 Å². The molecule has 10 atom stereocenters. The minimum Gasteiger partial charge on any atom is -0.481 e. The fourth-order valence-corrected chi connectivity index (χ4v) is 14.6. The molecule has 0 bridgehead atoms. The second kappa shape index (κ2) is 13.4. The molecule has 0 unspecified atom stereocenters. The summed E-state index contributed by atoms with van der Waals surface area (Å²) in [7, 11) is 0. The summed E-state index contributed by atoms with van der Waals surface area (Å²) in [6, 6.07) is 0.636. The predicted molar refractivity (Wildman–Crippen MR) is 214 cm³/mol. The van der Waals surface area contributed by atoms with E-state index in [0.29, 0.717) is 43.6 Å². The lowest BCUT2D eigenvalue weighted by Gasteiger charge is -2.72. The smallest absolute Gasteiger partial charge is 0.432 e. The zero-order valence-electron chi connectivity index (χ0n) is 36.6. The number of ether oxygens (including phenoxy) is 1. The van der Waals surface area contributed by atoms with Gasteiger partial charge < -0.3 is 20.5 Å². The molecule has 0 aromatic carbocycles. The van der Waals surface area contributed by atoms with Crippen molar-refractivity contribution in [2.45, 2.75) is 163 Å². The van der Waals surface area contributed by atoms with Crippen LogP contribution in [0.1, 0.15) is 156 Å². The highest BCUT2D eigenvalue weighted by Crippen LogP contribution is 2.76. The number of halogens is 3. The number of aromatic amines is 1. The summed E-state index contributed by atoms with van der Waals surface area (Å²) >= 11 is 0. The maximum atomic E-state index is 14.3. The van der Waals surface area contributed by atoms with Crippen LogP contribution in [0.15, 0.2) is 17.2 Å². The molecule has 6 fully saturated rings. The Morgan fingerprint density at radius 3 is 2.12 bits per heavy atom. The molecule has 0 spiro atoms. The van der Waals surface area contributed by atoms with Crippen molar-refractivity contribution in [2.75, 3.05) is 0 Å². The van der Waals surface area contributed by atoms with E-state index in [9.17, 15) is 42.3 Å². The third-order valence-electron chi connectivity index (χ3n) is 18.5. The second-order valence-corrected chi connectivity index (χ2v) is 22.2. The molecule has 60 heavy (non-hydrogen) atoms. The molecular formula is C46H63F3N4O7. The lowest BCUT2D eigenvalue weighted by molar-refractivity contribution is -0.235. The Labute approximate surface area is 350 Å². The van der Waals surface area contributed by atoms with Crippen LogP contribution in [0, 0.1) is 62.6 Å². The highest BCUT2D eigenvalue weighted by molar-refractivity contribution is 6.04. The van der Waals surface area contributed by atoms with E-state index in [1.165, 1.54) is 0 Å². The van der Waals surface area contributed by atoms with Crippen LogP contribution in [-0.2, 0) is 30.1 Å². The van der Waals surface area contributed by atoms with Crippen molar-refractivity contribution in [1.29, 1.82) is 0 Å². The number of Topliss-reactive ketones (excluding diaryl/α,β-unsaturated/α-hetero) is 1. The quantitative estimate of drug-likeness (QED) is 0.190. The summed E-state index contributed by atoms with van der Waals surface area (Å²) in [5, 5.41) is 21.1. The molecule has 7 aliphatic rings. The van der Waals surface area contributed by atoms with E-state index in [2.05, 4.69) is 50.4 Å². The van der Waals surface area contributed by atoms with Gasteiger partial charge in [-0.15, -0.1) is 0 Å². The predicted octanol–water partition coefficient (Wildman–Crippen LogP) is 8.20. The molecule has 11 nitrogen and oxygen atoms in total. The number of carbonyl (C=O) groups is 5. The molecule has 14 heteroatoms. The van der Waals surface area contributed by atoms with Gasteiger partial charge in [0, 0.05) is 17.9 Å². The second-order valence-electron chi connectivity index (χ2n) is 22.2. The molecule has 1 heterocycles. The summed E-state index contributed by atoms with van der Waals surface area (Å²) in [6.45, 7) is 19.6. The average Bonchev–Trinajstić information content (AvgIpc) is 3.59. The van der Waals surface area contributed by atoms with Gasteiger partial charge in [-0.2, -0.15) is 18.3 Å². The van der Waals surface area contributed by atoms with E-state index in [1.807, 2.05) is 32.8 Å². The van der Waals surface area contributed by atoms with E-state index in [4.69, 9.17) is 4.74 Å². The van der Waals surface area contributed by atoms with Crippen molar-refractivity contribution >= 4 is 29.5 Å². The standard InChI is InChI=1S/C46H63F3N4O7/c1-23(2)33-28(54)22-45(51-38(59)44(18-19-44)50-35(55)27-21-31(53-52-27)46(47,48)49)17-16-42(8)24(34(33)45)10-11-30-41(7)14-13-32(40(5,6)29(41)12-15-43(30,42)9)60-37(58)26-20-25(36(56)57)39(26,3)4/h21,23-26,29-30,32H,10-20,22H2,1-9H3,(H,50,55)(H,51,59)(H,52,53)(H,56,57)/t24-,25-,26+,29+,30-,32+,41+,42-,43-,45-/m1/s1. The Morgan fingerprint density at radius 1 is 0.850 bits per heavy atom. The van der Waals surface area contributed by atoms with Crippen molar-refractivity contribution < 1.29 is 47.0 Å². The van der Waals surface area contributed by atoms with Crippen molar-refractivity contribution in [3.63, 3.8) is 0 Å². The number of hydrogen-bond acceptors (Lipinski definition) is 7. The van der Waals surface area contributed by atoms with Gasteiger partial charge in [-0.05, 0) is 127 Å². The number of fused-ring (bicyclic) bond motifs is 7. The van der Waals surface area contributed by atoms with Gasteiger partial charge in [0.25, 0.3) is 5.91 Å². The fraction of sp³-hybridized carbons (Fsp3) is 0.783. The van der Waals surface area contributed by atoms with Gasteiger partial charge in [-0.1, -0.05) is 62.3 Å². The number of aliphatic carboxylic acids is 1. The Morgan fingerprint density at radius 2 is 1.53 bits per heavy atom. The Hall–Kier alpha value is -3.71. The lowest BCUT2D eigenvalue weighted by Crippen LogP contribution is -2.68. The average molecular weight is 841 g/mol. The van der Waals surface area contributed by atoms with Crippen LogP contribution in [0.3, 0.4) is 0 Å². The summed E-state index contributed by atoms with van der Waals surface area (Å²) in [5.41, 5.74) is -3.26. The van der Waals surface area contributed by atoms with Crippen LogP contribution in [-0.4, -0.2) is 62.0 Å². The molecule has 1 aromatic rings. The van der Waals surface area contributed by atoms with E-state index in [-0.39, 0.29) is 57.8 Å². The van der Waals surface area contributed by atoms with Crippen LogP contribution in [0.4, 0.5) is 13.2 Å². The molecule has 8 rings (SSSR count). The molecule has 0 saturated heterocycles. The van der Waals surface area contributed by atoms with Crippen LogP contribution in [0.25, 0.3) is 0 Å². The third-order valence-corrected chi connectivity index (χ3v) is 18.5. The number of allylic oxidation sites excluding steroid dienone is 1. The SMILES string of the molecule is CC(C)C1=C2[C@H]3CC[C@@H]4[C@@]5(C)CC[C@H](OC(=O)[C@@H]6C[C@H](C(=O)O)C6(C)C)C(C)(C)[C@@H]5CC[C@@]4(C)[C@]3(C)CC[C@@]2(NC(=O)C2(NC(=O)c3cc(C(F)(F)F)[nH]n3)CC2)CC1=O. The zero-order chi connectivity index (χ0) is 44.0. The number of alkyl halides is 3. The number of carboxylic acids is 1. The van der Waals surface area contributed by atoms with Crippen LogP contribution in [0.5, 0.6) is 0 Å². The largest absolute Gasteiger partial charge is 0.481 e. The molecule has 1 aromatic heterocycles. The zero-order valence-corrected chi connectivity index (χ0v) is 36.6. The number of hydrogen-bond donors (Lipinski definition) is 4. The highest BCUT2D eigenvalue weighted by Gasteiger charge is 2.71. The Kier molecular flexibility index (Phi) is 9.59. The monoisotopic (exact) mass is 840 g/mol. The number of amides is 2. The number of rotatable bonds is 8. The number of esters is 1.